The van der Waals surface area contributed by atoms with E-state index in [4.69, 9.17) is 10.5 Å². The van der Waals surface area contributed by atoms with Gasteiger partial charge in [0.1, 0.15) is 5.75 Å². The Hall–Kier alpha value is -2.11. The van der Waals surface area contributed by atoms with E-state index >= 15 is 0 Å². The molecule has 0 atom stereocenters. The summed E-state index contributed by atoms with van der Waals surface area (Å²) in [7, 11) is 0. The van der Waals surface area contributed by atoms with Gasteiger partial charge in [0.15, 0.2) is 5.82 Å². The minimum Gasteiger partial charge on any atom is -0.494 e. The van der Waals surface area contributed by atoms with E-state index in [2.05, 4.69) is 15.5 Å². The molecule has 0 spiro atoms. The van der Waals surface area contributed by atoms with Crippen LogP contribution in [0.3, 0.4) is 0 Å². The third kappa shape index (κ3) is 2.25. The molecule has 19 heavy (non-hydrogen) atoms. The summed E-state index contributed by atoms with van der Waals surface area (Å²) >= 11 is 0. The number of nitrogens with two attached hydrogens (primary N) is 1. The smallest absolute Gasteiger partial charge is 0.182 e. The van der Waals surface area contributed by atoms with E-state index in [1.807, 2.05) is 29.8 Å². The maximum atomic E-state index is 5.91. The van der Waals surface area contributed by atoms with Gasteiger partial charge in [0.25, 0.3) is 0 Å². The molecule has 1 aliphatic rings. The van der Waals surface area contributed by atoms with E-state index in [0.29, 0.717) is 18.3 Å². The number of hydrogen-bond donors (Lipinski definition) is 1. The first-order valence-corrected chi connectivity index (χ1v) is 6.59. The number of aromatic nitrogens is 4. The molecule has 1 aromatic heterocycles. The normalized spacial score (nSPS) is 15.2. The Labute approximate surface area is 111 Å². The van der Waals surface area contributed by atoms with Crippen molar-refractivity contribution in [1.82, 2.24) is 20.2 Å². The molecule has 0 radical (unpaired) electrons. The van der Waals surface area contributed by atoms with Gasteiger partial charge in [-0.3, -0.25) is 0 Å². The highest BCUT2D eigenvalue weighted by Gasteiger charge is 2.24. The number of hydrogen-bond acceptors (Lipinski definition) is 5. The fourth-order valence-corrected chi connectivity index (χ4v) is 2.26. The molecule has 0 unspecified atom stereocenters. The van der Waals surface area contributed by atoms with Gasteiger partial charge in [-0.05, 0) is 48.7 Å². The summed E-state index contributed by atoms with van der Waals surface area (Å²) in [6.45, 7) is 2.55. The topological polar surface area (TPSA) is 78.8 Å². The molecule has 2 N–H and O–H groups in total. The van der Waals surface area contributed by atoms with Gasteiger partial charge in [-0.2, -0.15) is 0 Å². The Morgan fingerprint density at radius 3 is 2.89 bits per heavy atom. The summed E-state index contributed by atoms with van der Waals surface area (Å²) in [5.74, 6) is 1.51. The molecule has 1 aliphatic carbocycles. The molecule has 100 valence electrons. The van der Waals surface area contributed by atoms with Crippen LogP contribution in [0.2, 0.25) is 0 Å². The third-order valence-corrected chi connectivity index (χ3v) is 3.41. The second-order valence-electron chi connectivity index (χ2n) is 4.76. The lowest BCUT2D eigenvalue weighted by Gasteiger charge is -2.25. The number of tetrazole rings is 1. The van der Waals surface area contributed by atoms with Crippen molar-refractivity contribution in [2.75, 3.05) is 12.3 Å². The molecule has 0 bridgehead atoms. The first-order valence-electron chi connectivity index (χ1n) is 6.59. The highest BCUT2D eigenvalue weighted by Crippen LogP contribution is 2.34. The van der Waals surface area contributed by atoms with Crippen molar-refractivity contribution in [3.8, 4) is 17.1 Å². The largest absolute Gasteiger partial charge is 0.494 e. The Morgan fingerprint density at radius 2 is 2.21 bits per heavy atom. The monoisotopic (exact) mass is 259 g/mol. The van der Waals surface area contributed by atoms with Crippen LogP contribution < -0.4 is 10.5 Å². The standard InChI is InChI=1S/C13H17N5O/c1-2-19-12-7-9(6-10(14)8-12)13-15-16-17-18(13)11-4-3-5-11/h6-8,11H,2-5,14H2,1H3. The van der Waals surface area contributed by atoms with Gasteiger partial charge < -0.3 is 10.5 Å². The van der Waals surface area contributed by atoms with Crippen molar-refractivity contribution in [2.45, 2.75) is 32.2 Å². The van der Waals surface area contributed by atoms with Crippen LogP contribution in [0.1, 0.15) is 32.2 Å². The van der Waals surface area contributed by atoms with Crippen LogP contribution >= 0.6 is 0 Å². The van der Waals surface area contributed by atoms with Crippen LogP contribution in [0.4, 0.5) is 5.69 Å². The van der Waals surface area contributed by atoms with Gasteiger partial charge in [-0.25, -0.2) is 4.68 Å². The number of anilines is 1. The molecule has 0 amide bonds. The second kappa shape index (κ2) is 4.87. The molecule has 6 nitrogen and oxygen atoms in total. The van der Waals surface area contributed by atoms with Crippen molar-refractivity contribution < 1.29 is 4.74 Å². The average molecular weight is 259 g/mol. The fourth-order valence-electron chi connectivity index (χ4n) is 2.26. The maximum absolute atomic E-state index is 5.91. The van der Waals surface area contributed by atoms with Crippen molar-refractivity contribution in [1.29, 1.82) is 0 Å². The molecule has 1 aromatic carbocycles. The van der Waals surface area contributed by atoms with Gasteiger partial charge in [0, 0.05) is 17.3 Å². The number of rotatable bonds is 4. The van der Waals surface area contributed by atoms with Crippen LogP contribution in [0.5, 0.6) is 5.75 Å². The first-order chi connectivity index (χ1) is 9.28. The first kappa shape index (κ1) is 12.0. The van der Waals surface area contributed by atoms with Crippen LogP contribution in [0, 0.1) is 0 Å². The molecule has 0 aliphatic heterocycles. The van der Waals surface area contributed by atoms with Gasteiger partial charge in [0.05, 0.1) is 12.6 Å². The molecule has 1 saturated carbocycles. The summed E-state index contributed by atoms with van der Waals surface area (Å²) in [4.78, 5) is 0. The lowest BCUT2D eigenvalue weighted by Crippen LogP contribution is -2.19. The van der Waals surface area contributed by atoms with E-state index in [-0.39, 0.29) is 0 Å². The number of nitrogens with zero attached hydrogens (tertiary/aromatic N) is 4. The van der Waals surface area contributed by atoms with Gasteiger partial charge in [-0.15, -0.1) is 5.10 Å². The Balaban J connectivity index is 1.99. The zero-order valence-corrected chi connectivity index (χ0v) is 10.9. The molecule has 1 fully saturated rings. The lowest BCUT2D eigenvalue weighted by molar-refractivity contribution is 0.287. The van der Waals surface area contributed by atoms with E-state index < -0.39 is 0 Å². The fraction of sp³-hybridized carbons (Fsp3) is 0.462. The lowest BCUT2D eigenvalue weighted by atomic mass is 9.93. The quantitative estimate of drug-likeness (QED) is 0.850. The summed E-state index contributed by atoms with van der Waals surface area (Å²) in [5, 5.41) is 12.0. The Kier molecular flexibility index (Phi) is 3.06. The van der Waals surface area contributed by atoms with E-state index in [9.17, 15) is 0 Å². The number of ether oxygens (including phenoxy) is 1. The van der Waals surface area contributed by atoms with E-state index in [1.54, 1.807) is 0 Å². The van der Waals surface area contributed by atoms with Crippen molar-refractivity contribution in [3.63, 3.8) is 0 Å². The van der Waals surface area contributed by atoms with Crippen LogP contribution in [0.25, 0.3) is 11.4 Å². The SMILES string of the molecule is CCOc1cc(N)cc(-c2nnnn2C2CCC2)c1. The van der Waals surface area contributed by atoms with Crippen molar-refractivity contribution >= 4 is 5.69 Å². The highest BCUT2D eigenvalue weighted by atomic mass is 16.5. The Bertz CT molecular complexity index is 576. The maximum Gasteiger partial charge on any atom is 0.182 e. The highest BCUT2D eigenvalue weighted by molar-refractivity contribution is 5.64. The van der Waals surface area contributed by atoms with Crippen LogP contribution in [-0.4, -0.2) is 26.8 Å². The zero-order valence-electron chi connectivity index (χ0n) is 10.9. The number of nitrogen functional groups attached to an aromatic ring is 1. The minimum absolute atomic E-state index is 0.418. The molecule has 1 heterocycles. The summed E-state index contributed by atoms with van der Waals surface area (Å²) < 4.78 is 7.41. The predicted octanol–water partition coefficient (Wildman–Crippen LogP) is 2.05. The second-order valence-corrected chi connectivity index (χ2v) is 4.76. The molecular formula is C13H17N5O. The van der Waals surface area contributed by atoms with Crippen molar-refractivity contribution in [2.24, 2.45) is 0 Å². The Morgan fingerprint density at radius 1 is 1.37 bits per heavy atom. The molecule has 0 saturated heterocycles. The molecule has 3 rings (SSSR count). The van der Waals surface area contributed by atoms with Crippen LogP contribution in [0.15, 0.2) is 18.2 Å². The predicted molar refractivity (Wildman–Crippen MR) is 71.7 cm³/mol. The summed E-state index contributed by atoms with van der Waals surface area (Å²) in [5.41, 5.74) is 7.47. The summed E-state index contributed by atoms with van der Waals surface area (Å²) in [6, 6.07) is 6.04. The van der Waals surface area contributed by atoms with Gasteiger partial charge in [0.2, 0.25) is 0 Å². The van der Waals surface area contributed by atoms with Crippen molar-refractivity contribution in [3.05, 3.63) is 18.2 Å². The zero-order chi connectivity index (χ0) is 13.2. The molecule has 2 aromatic rings. The summed E-state index contributed by atoms with van der Waals surface area (Å²) in [6.07, 6.45) is 3.52. The van der Waals surface area contributed by atoms with Crippen LogP contribution in [-0.2, 0) is 0 Å². The average Bonchev–Trinajstić information content (AvgIpc) is 2.75. The molecular weight excluding hydrogens is 242 g/mol. The van der Waals surface area contributed by atoms with Gasteiger partial charge in [-0.1, -0.05) is 0 Å². The molecule has 6 heteroatoms. The van der Waals surface area contributed by atoms with Gasteiger partial charge >= 0.3 is 0 Å². The third-order valence-electron chi connectivity index (χ3n) is 3.41. The number of benzene rings is 1. The van der Waals surface area contributed by atoms with E-state index in [1.165, 1.54) is 6.42 Å². The minimum atomic E-state index is 0.418. The van der Waals surface area contributed by atoms with E-state index in [0.717, 1.165) is 30.0 Å².